The molecule has 10 nitrogen and oxygen atoms in total. The van der Waals surface area contributed by atoms with Crippen molar-refractivity contribution >= 4 is 17.4 Å². The molecule has 2 amide bonds. The van der Waals surface area contributed by atoms with E-state index in [1.165, 1.54) is 14.2 Å². The fraction of sp³-hybridized carbons (Fsp3) is 0.167. The Morgan fingerprint density at radius 3 is 2.32 bits per heavy atom. The molecule has 0 radical (unpaired) electrons. The minimum Gasteiger partial charge on any atom is -0.493 e. The lowest BCUT2D eigenvalue weighted by atomic mass is 10.2. The van der Waals surface area contributed by atoms with Gasteiger partial charge in [0.2, 0.25) is 5.88 Å². The van der Waals surface area contributed by atoms with E-state index < -0.39 is 6.03 Å². The van der Waals surface area contributed by atoms with E-state index >= 15 is 0 Å². The van der Waals surface area contributed by atoms with E-state index in [0.717, 1.165) is 11.4 Å². The van der Waals surface area contributed by atoms with Crippen LogP contribution in [-0.4, -0.2) is 40.2 Å². The lowest BCUT2D eigenvalue weighted by Gasteiger charge is -2.14. The highest BCUT2D eigenvalue weighted by atomic mass is 16.5. The van der Waals surface area contributed by atoms with Crippen molar-refractivity contribution in [2.24, 2.45) is 0 Å². The number of methoxy groups -OCH3 is 2. The van der Waals surface area contributed by atoms with E-state index in [0.29, 0.717) is 40.3 Å². The molecule has 0 saturated carbocycles. The first kappa shape index (κ1) is 22.6. The van der Waals surface area contributed by atoms with Gasteiger partial charge in [0, 0.05) is 17.4 Å². The van der Waals surface area contributed by atoms with Gasteiger partial charge in [-0.1, -0.05) is 6.07 Å². The van der Waals surface area contributed by atoms with Crippen LogP contribution in [0.25, 0.3) is 5.82 Å². The predicted octanol–water partition coefficient (Wildman–Crippen LogP) is 4.73. The first-order valence-corrected chi connectivity index (χ1v) is 10.4. The Morgan fingerprint density at radius 1 is 0.912 bits per heavy atom. The minimum atomic E-state index is -0.425. The summed E-state index contributed by atoms with van der Waals surface area (Å²) in [6.45, 7) is 3.88. The summed E-state index contributed by atoms with van der Waals surface area (Å²) in [4.78, 5) is 12.4. The monoisotopic (exact) mass is 460 g/mol. The number of ether oxygens (including phenoxy) is 3. The van der Waals surface area contributed by atoms with Crippen LogP contribution in [0.1, 0.15) is 11.4 Å². The summed E-state index contributed by atoms with van der Waals surface area (Å²) in [6.07, 6.45) is 0. The average Bonchev–Trinajstić information content (AvgIpc) is 3.18. The molecule has 2 N–H and O–H groups in total. The Kier molecular flexibility index (Phi) is 6.58. The van der Waals surface area contributed by atoms with Crippen LogP contribution >= 0.6 is 0 Å². The van der Waals surface area contributed by atoms with E-state index in [-0.39, 0.29) is 0 Å². The third-order valence-electron chi connectivity index (χ3n) is 4.84. The minimum absolute atomic E-state index is 0.342. The highest BCUT2D eigenvalue weighted by Crippen LogP contribution is 2.34. The van der Waals surface area contributed by atoms with E-state index in [1.807, 2.05) is 19.9 Å². The van der Waals surface area contributed by atoms with E-state index in [4.69, 9.17) is 14.2 Å². The summed E-state index contributed by atoms with van der Waals surface area (Å²) in [5.74, 6) is 2.46. The summed E-state index contributed by atoms with van der Waals surface area (Å²) in [5, 5.41) is 18.2. The number of nitrogens with zero attached hydrogens (tertiary/aromatic N) is 4. The second-order valence-corrected chi connectivity index (χ2v) is 7.32. The van der Waals surface area contributed by atoms with Crippen molar-refractivity contribution < 1.29 is 19.0 Å². The Balaban J connectivity index is 1.37. The molecule has 4 aromatic rings. The molecule has 2 aromatic heterocycles. The molecular formula is C24H24N6O4. The van der Waals surface area contributed by atoms with Gasteiger partial charge < -0.3 is 24.8 Å². The average molecular weight is 460 g/mol. The molecule has 0 unspecified atom stereocenters. The van der Waals surface area contributed by atoms with E-state index in [9.17, 15) is 4.79 Å². The Hall–Kier alpha value is -4.60. The Morgan fingerprint density at radius 2 is 1.71 bits per heavy atom. The maximum atomic E-state index is 12.4. The van der Waals surface area contributed by atoms with Gasteiger partial charge in [-0.05, 0) is 62.4 Å². The molecule has 0 aliphatic carbocycles. The molecule has 4 rings (SSSR count). The van der Waals surface area contributed by atoms with Crippen LogP contribution in [0.5, 0.6) is 23.1 Å². The highest BCUT2D eigenvalue weighted by molar-refractivity contribution is 6.01. The molecule has 0 aliphatic heterocycles. The molecular weight excluding hydrogens is 436 g/mol. The number of carbonyl (C=O) groups is 1. The van der Waals surface area contributed by atoms with Gasteiger partial charge in [-0.2, -0.15) is 5.10 Å². The van der Waals surface area contributed by atoms with Crippen LogP contribution in [0.3, 0.4) is 0 Å². The molecule has 0 atom stereocenters. The van der Waals surface area contributed by atoms with Crippen molar-refractivity contribution in [3.05, 3.63) is 72.1 Å². The topological polar surface area (TPSA) is 112 Å². The summed E-state index contributed by atoms with van der Waals surface area (Å²) >= 11 is 0. The summed E-state index contributed by atoms with van der Waals surface area (Å²) in [5.41, 5.74) is 2.95. The number of nitrogens with one attached hydrogen (secondary N) is 2. The molecule has 10 heteroatoms. The van der Waals surface area contributed by atoms with Crippen LogP contribution < -0.4 is 24.8 Å². The van der Waals surface area contributed by atoms with Gasteiger partial charge in [0.1, 0.15) is 5.75 Å². The van der Waals surface area contributed by atoms with E-state index in [2.05, 4.69) is 25.9 Å². The predicted molar refractivity (Wildman–Crippen MR) is 127 cm³/mol. The molecule has 174 valence electrons. The van der Waals surface area contributed by atoms with Crippen molar-refractivity contribution in [2.45, 2.75) is 13.8 Å². The smallest absolute Gasteiger partial charge is 0.323 e. The van der Waals surface area contributed by atoms with Gasteiger partial charge in [-0.3, -0.25) is 0 Å². The van der Waals surface area contributed by atoms with Gasteiger partial charge in [0.25, 0.3) is 0 Å². The zero-order valence-corrected chi connectivity index (χ0v) is 19.2. The highest BCUT2D eigenvalue weighted by Gasteiger charge is 2.12. The van der Waals surface area contributed by atoms with Crippen LogP contribution in [0.2, 0.25) is 0 Å². The number of aryl methyl sites for hydroxylation is 2. The number of amides is 2. The fourth-order valence-corrected chi connectivity index (χ4v) is 3.34. The summed E-state index contributed by atoms with van der Waals surface area (Å²) in [7, 11) is 3.05. The largest absolute Gasteiger partial charge is 0.493 e. The van der Waals surface area contributed by atoms with Crippen molar-refractivity contribution in [1.29, 1.82) is 0 Å². The summed E-state index contributed by atoms with van der Waals surface area (Å²) in [6, 6.07) is 17.2. The van der Waals surface area contributed by atoms with Gasteiger partial charge in [0.05, 0.1) is 25.6 Å². The molecule has 34 heavy (non-hydrogen) atoms. The van der Waals surface area contributed by atoms with Gasteiger partial charge in [0.15, 0.2) is 17.3 Å². The second kappa shape index (κ2) is 9.90. The lowest BCUT2D eigenvalue weighted by molar-refractivity contribution is 0.262. The van der Waals surface area contributed by atoms with Crippen molar-refractivity contribution in [3.8, 4) is 28.9 Å². The zero-order valence-electron chi connectivity index (χ0n) is 19.2. The first-order valence-electron chi connectivity index (χ1n) is 10.4. The number of hydrogen-bond acceptors (Lipinski definition) is 7. The van der Waals surface area contributed by atoms with Crippen molar-refractivity contribution in [1.82, 2.24) is 20.0 Å². The molecule has 0 spiro atoms. The number of urea groups is 1. The van der Waals surface area contributed by atoms with Crippen LogP contribution in [0.4, 0.5) is 16.2 Å². The number of hydrogen-bond donors (Lipinski definition) is 2. The third kappa shape index (κ3) is 5.07. The molecule has 0 bridgehead atoms. The maximum Gasteiger partial charge on any atom is 0.323 e. The third-order valence-corrected chi connectivity index (χ3v) is 4.84. The van der Waals surface area contributed by atoms with E-state index in [1.54, 1.807) is 59.3 Å². The lowest BCUT2D eigenvalue weighted by Crippen LogP contribution is -2.19. The molecule has 0 saturated heterocycles. The van der Waals surface area contributed by atoms with Gasteiger partial charge in [-0.25, -0.2) is 9.48 Å². The van der Waals surface area contributed by atoms with Gasteiger partial charge in [-0.15, -0.1) is 10.2 Å². The number of anilines is 2. The number of benzene rings is 2. The maximum absolute atomic E-state index is 12.4. The molecule has 0 fully saturated rings. The number of carbonyl (C=O) groups excluding carboxylic acids is 1. The Bertz CT molecular complexity index is 1290. The van der Waals surface area contributed by atoms with Gasteiger partial charge >= 0.3 is 6.03 Å². The van der Waals surface area contributed by atoms with Crippen molar-refractivity contribution in [2.75, 3.05) is 24.9 Å². The first-order chi connectivity index (χ1) is 16.5. The van der Waals surface area contributed by atoms with Crippen LogP contribution in [-0.2, 0) is 0 Å². The molecule has 0 aliphatic rings. The number of aromatic nitrogens is 4. The van der Waals surface area contributed by atoms with Crippen molar-refractivity contribution in [3.63, 3.8) is 0 Å². The normalized spacial score (nSPS) is 10.5. The standard InChI is InChI=1S/C24H24N6O4/c1-15-14-16(2)30(29-15)21-12-13-22(28-27-21)34-18-10-8-17(9-11-18)25-24(31)26-19-6-5-7-20(32-3)23(19)33-4/h5-14H,1-4H3,(H2,25,26,31). The fourth-order valence-electron chi connectivity index (χ4n) is 3.34. The number of rotatable bonds is 7. The van der Waals surface area contributed by atoms with Crippen LogP contribution in [0, 0.1) is 13.8 Å². The molecule has 2 heterocycles. The second-order valence-electron chi connectivity index (χ2n) is 7.32. The zero-order chi connectivity index (χ0) is 24.1. The Labute approximate surface area is 196 Å². The number of para-hydroxylation sites is 1. The summed E-state index contributed by atoms with van der Waals surface area (Å²) < 4.78 is 18.1. The quantitative estimate of drug-likeness (QED) is 0.410. The molecule has 2 aromatic carbocycles. The van der Waals surface area contributed by atoms with Crippen LogP contribution in [0.15, 0.2) is 60.7 Å². The SMILES string of the molecule is COc1cccc(NC(=O)Nc2ccc(Oc3ccc(-n4nc(C)cc4C)nn3)cc2)c1OC.